The van der Waals surface area contributed by atoms with Crippen LogP contribution in [0.25, 0.3) is 0 Å². The van der Waals surface area contributed by atoms with Gasteiger partial charge >= 0.3 is 0 Å². The maximum absolute atomic E-state index is 10.5. The van der Waals surface area contributed by atoms with Gasteiger partial charge in [0.05, 0.1) is 5.60 Å². The van der Waals surface area contributed by atoms with Gasteiger partial charge in [-0.05, 0) is 42.9 Å². The fraction of sp³-hybridized carbons (Fsp3) is 1.00. The molecule has 0 spiro atoms. The molecule has 0 heterocycles. The molecule has 0 aromatic carbocycles. The average molecular weight is 182 g/mol. The van der Waals surface area contributed by atoms with E-state index >= 15 is 0 Å². The van der Waals surface area contributed by atoms with Gasteiger partial charge in [-0.25, -0.2) is 0 Å². The van der Waals surface area contributed by atoms with Crippen LogP contribution < -0.4 is 0 Å². The molecule has 0 bridgehead atoms. The Morgan fingerprint density at radius 1 is 1.08 bits per heavy atom. The molecule has 0 aromatic heterocycles. The normalized spacial score (nSPS) is 53.8. The van der Waals surface area contributed by atoms with E-state index in [0.717, 1.165) is 5.92 Å². The molecule has 2 fully saturated rings. The molecule has 1 nitrogen and oxygen atoms in total. The van der Waals surface area contributed by atoms with Gasteiger partial charge in [0.1, 0.15) is 0 Å². The Bertz CT molecular complexity index is 195. The van der Waals surface area contributed by atoms with E-state index in [1.54, 1.807) is 0 Å². The van der Waals surface area contributed by atoms with Crippen LogP contribution in [0.4, 0.5) is 0 Å². The van der Waals surface area contributed by atoms with Crippen LogP contribution in [0.15, 0.2) is 0 Å². The minimum absolute atomic E-state index is 0.338. The summed E-state index contributed by atoms with van der Waals surface area (Å²) in [5, 5.41) is 10.5. The molecule has 0 aromatic rings. The second-order valence-corrected chi connectivity index (χ2v) is 5.91. The summed E-state index contributed by atoms with van der Waals surface area (Å²) in [4.78, 5) is 0. The molecule has 13 heavy (non-hydrogen) atoms. The van der Waals surface area contributed by atoms with Gasteiger partial charge in [-0.1, -0.05) is 27.2 Å². The molecule has 0 aliphatic heterocycles. The van der Waals surface area contributed by atoms with Gasteiger partial charge in [-0.2, -0.15) is 0 Å². The van der Waals surface area contributed by atoms with E-state index < -0.39 is 5.60 Å². The summed E-state index contributed by atoms with van der Waals surface area (Å²) in [5.74, 6) is 1.77. The molecule has 76 valence electrons. The highest BCUT2D eigenvalue weighted by Crippen LogP contribution is 2.61. The molecule has 0 unspecified atom stereocenters. The molecule has 2 saturated carbocycles. The molecule has 0 saturated heterocycles. The zero-order chi connectivity index (χ0) is 9.85. The van der Waals surface area contributed by atoms with Crippen LogP contribution in [-0.2, 0) is 0 Å². The summed E-state index contributed by atoms with van der Waals surface area (Å²) in [6.07, 6.45) is 3.89. The summed E-state index contributed by atoms with van der Waals surface area (Å²) >= 11 is 0. The second kappa shape index (κ2) is 2.50. The number of hydrogen-bond acceptors (Lipinski definition) is 1. The monoisotopic (exact) mass is 182 g/mol. The zero-order valence-electron chi connectivity index (χ0n) is 9.30. The minimum Gasteiger partial charge on any atom is -0.390 e. The van der Waals surface area contributed by atoms with Gasteiger partial charge in [0.2, 0.25) is 0 Å². The van der Waals surface area contributed by atoms with Gasteiger partial charge < -0.3 is 5.11 Å². The molecule has 2 rings (SSSR count). The van der Waals surface area contributed by atoms with Crippen LogP contribution in [0.2, 0.25) is 0 Å². The Kier molecular flexibility index (Phi) is 1.83. The summed E-state index contributed by atoms with van der Waals surface area (Å²) in [7, 11) is 0. The van der Waals surface area contributed by atoms with Crippen molar-refractivity contribution >= 4 is 0 Å². The molecule has 0 radical (unpaired) electrons. The first kappa shape index (κ1) is 9.51. The largest absolute Gasteiger partial charge is 0.390 e. The van der Waals surface area contributed by atoms with E-state index in [9.17, 15) is 5.11 Å². The van der Waals surface area contributed by atoms with Crippen molar-refractivity contribution in [1.29, 1.82) is 0 Å². The van der Waals surface area contributed by atoms with Crippen LogP contribution >= 0.6 is 0 Å². The number of hydrogen-bond donors (Lipinski definition) is 1. The minimum atomic E-state index is -0.412. The van der Waals surface area contributed by atoms with Crippen LogP contribution in [0, 0.1) is 23.2 Å². The predicted octanol–water partition coefficient (Wildman–Crippen LogP) is 2.83. The third kappa shape index (κ3) is 1.03. The molecule has 2 aliphatic carbocycles. The lowest BCUT2D eigenvalue weighted by atomic mass is 9.74. The molecular formula is C12H22O. The van der Waals surface area contributed by atoms with Crippen molar-refractivity contribution in [2.75, 3.05) is 0 Å². The van der Waals surface area contributed by atoms with Gasteiger partial charge in [0, 0.05) is 0 Å². The highest BCUT2D eigenvalue weighted by Gasteiger charge is 2.60. The molecule has 2 aliphatic rings. The predicted molar refractivity (Wildman–Crippen MR) is 54.4 cm³/mol. The number of fused-ring (bicyclic) bond motifs is 1. The molecule has 1 N–H and O–H groups in total. The maximum atomic E-state index is 10.5. The number of rotatable bonds is 0. The average Bonchev–Trinajstić information content (AvgIpc) is 2.54. The molecule has 0 amide bonds. The Morgan fingerprint density at radius 3 is 2.15 bits per heavy atom. The molecule has 1 heteroatoms. The lowest BCUT2D eigenvalue weighted by Crippen LogP contribution is -2.37. The number of aliphatic hydroxyl groups is 1. The fourth-order valence-corrected chi connectivity index (χ4v) is 3.95. The Morgan fingerprint density at radius 2 is 1.62 bits per heavy atom. The Balaban J connectivity index is 2.37. The summed E-state index contributed by atoms with van der Waals surface area (Å²) in [5.41, 5.74) is -0.0741. The molecular weight excluding hydrogens is 160 g/mol. The van der Waals surface area contributed by atoms with Gasteiger partial charge in [-0.15, -0.1) is 0 Å². The third-order valence-electron chi connectivity index (χ3n) is 5.21. The van der Waals surface area contributed by atoms with Gasteiger partial charge in [0.25, 0.3) is 0 Å². The van der Waals surface area contributed by atoms with Crippen LogP contribution in [-0.4, -0.2) is 10.7 Å². The third-order valence-corrected chi connectivity index (χ3v) is 5.21. The standard InChI is InChI=1S/C12H22O/c1-8-11(2,3)9-6-5-7-10(9)12(8,4)13/h8-10,13H,5-7H2,1-4H3/t8-,9+,10+,12+/m0/s1. The van der Waals surface area contributed by atoms with Crippen LogP contribution in [0.3, 0.4) is 0 Å². The Hall–Kier alpha value is -0.0400. The molecule has 4 atom stereocenters. The van der Waals surface area contributed by atoms with Crippen molar-refractivity contribution in [3.05, 3.63) is 0 Å². The lowest BCUT2D eigenvalue weighted by Gasteiger charge is -2.34. The van der Waals surface area contributed by atoms with E-state index in [0.29, 0.717) is 17.3 Å². The van der Waals surface area contributed by atoms with E-state index in [1.807, 2.05) is 0 Å². The van der Waals surface area contributed by atoms with Crippen molar-refractivity contribution in [2.24, 2.45) is 23.2 Å². The van der Waals surface area contributed by atoms with Crippen molar-refractivity contribution in [1.82, 2.24) is 0 Å². The first-order valence-electron chi connectivity index (χ1n) is 5.61. The Labute approximate surface area is 81.5 Å². The SMILES string of the molecule is C[C@H]1C(C)(C)[C@@H]2CCC[C@H]2[C@]1(C)O. The maximum Gasteiger partial charge on any atom is 0.0681 e. The van der Waals surface area contributed by atoms with E-state index in [4.69, 9.17) is 0 Å². The van der Waals surface area contributed by atoms with Crippen LogP contribution in [0.1, 0.15) is 47.0 Å². The van der Waals surface area contributed by atoms with E-state index in [-0.39, 0.29) is 0 Å². The smallest absolute Gasteiger partial charge is 0.0681 e. The second-order valence-electron chi connectivity index (χ2n) is 5.91. The van der Waals surface area contributed by atoms with Gasteiger partial charge in [-0.3, -0.25) is 0 Å². The highest BCUT2D eigenvalue weighted by molar-refractivity contribution is 5.09. The first-order valence-corrected chi connectivity index (χ1v) is 5.61. The van der Waals surface area contributed by atoms with Crippen molar-refractivity contribution < 1.29 is 5.11 Å². The highest BCUT2D eigenvalue weighted by atomic mass is 16.3. The summed E-state index contributed by atoms with van der Waals surface area (Å²) in [6, 6.07) is 0. The van der Waals surface area contributed by atoms with Crippen molar-refractivity contribution in [3.63, 3.8) is 0 Å². The van der Waals surface area contributed by atoms with E-state index in [2.05, 4.69) is 27.7 Å². The quantitative estimate of drug-likeness (QED) is 0.611. The lowest BCUT2D eigenvalue weighted by molar-refractivity contribution is -0.0271. The van der Waals surface area contributed by atoms with Crippen molar-refractivity contribution in [3.8, 4) is 0 Å². The van der Waals surface area contributed by atoms with Gasteiger partial charge in [0.15, 0.2) is 0 Å². The fourth-order valence-electron chi connectivity index (χ4n) is 3.95. The summed E-state index contributed by atoms with van der Waals surface area (Å²) < 4.78 is 0. The topological polar surface area (TPSA) is 20.2 Å². The van der Waals surface area contributed by atoms with Crippen molar-refractivity contribution in [2.45, 2.75) is 52.6 Å². The first-order chi connectivity index (χ1) is 5.88. The van der Waals surface area contributed by atoms with Crippen LogP contribution in [0.5, 0.6) is 0 Å². The van der Waals surface area contributed by atoms with E-state index in [1.165, 1.54) is 19.3 Å². The summed E-state index contributed by atoms with van der Waals surface area (Å²) in [6.45, 7) is 8.94. The zero-order valence-corrected chi connectivity index (χ0v) is 9.30.